The highest BCUT2D eigenvalue weighted by Gasteiger charge is 2.33. The van der Waals surface area contributed by atoms with E-state index in [0.717, 1.165) is 19.5 Å². The molecule has 0 bridgehead atoms. The Morgan fingerprint density at radius 3 is 2.43 bits per heavy atom. The van der Waals surface area contributed by atoms with E-state index in [1.54, 1.807) is 0 Å². The highest BCUT2D eigenvalue weighted by molar-refractivity contribution is 5.76. The van der Waals surface area contributed by atoms with Gasteiger partial charge in [0.1, 0.15) is 0 Å². The summed E-state index contributed by atoms with van der Waals surface area (Å²) in [4.78, 5) is 14.5. The van der Waals surface area contributed by atoms with Crippen molar-refractivity contribution in [2.75, 3.05) is 19.6 Å². The summed E-state index contributed by atoms with van der Waals surface area (Å²) in [5.41, 5.74) is 1.15. The van der Waals surface area contributed by atoms with Crippen molar-refractivity contribution < 1.29 is 9.53 Å². The molecule has 0 aromatic heterocycles. The molecule has 0 saturated carbocycles. The van der Waals surface area contributed by atoms with Gasteiger partial charge in [-0.15, -0.1) is 0 Å². The van der Waals surface area contributed by atoms with Gasteiger partial charge in [-0.2, -0.15) is 0 Å². The summed E-state index contributed by atoms with van der Waals surface area (Å²) in [6, 6.07) is 10.1. The van der Waals surface area contributed by atoms with Crippen LogP contribution in [0.15, 0.2) is 30.3 Å². The molecule has 1 saturated heterocycles. The van der Waals surface area contributed by atoms with E-state index in [1.165, 1.54) is 5.56 Å². The quantitative estimate of drug-likeness (QED) is 0.877. The van der Waals surface area contributed by atoms with E-state index in [9.17, 15) is 4.79 Å². The van der Waals surface area contributed by atoms with Gasteiger partial charge in [-0.3, -0.25) is 9.69 Å². The van der Waals surface area contributed by atoms with Crippen LogP contribution < -0.4 is 5.32 Å². The van der Waals surface area contributed by atoms with Gasteiger partial charge >= 0.3 is 0 Å². The second-order valence-corrected chi connectivity index (χ2v) is 7.24. The molecule has 1 heterocycles. The molecule has 2 atom stereocenters. The molecule has 4 heteroatoms. The molecular weight excluding hydrogens is 288 g/mol. The number of morpholine rings is 1. The normalized spacial score (nSPS) is 22.8. The summed E-state index contributed by atoms with van der Waals surface area (Å²) in [6.45, 7) is 11.1. The molecule has 23 heavy (non-hydrogen) atoms. The zero-order chi connectivity index (χ0) is 16.9. The van der Waals surface area contributed by atoms with Crippen LogP contribution in [-0.4, -0.2) is 48.2 Å². The minimum absolute atomic E-state index is 0.0608. The van der Waals surface area contributed by atoms with Crippen LogP contribution in [0.3, 0.4) is 0 Å². The predicted molar refractivity (Wildman–Crippen MR) is 93.4 cm³/mol. The van der Waals surface area contributed by atoms with Crippen LogP contribution in [0.25, 0.3) is 0 Å². The Morgan fingerprint density at radius 2 is 1.83 bits per heavy atom. The molecule has 1 aliphatic rings. The number of hydrogen-bond donors (Lipinski definition) is 1. The number of carbonyl (C=O) groups excluding carboxylic acids is 1. The first-order valence-electron chi connectivity index (χ1n) is 8.58. The molecule has 128 valence electrons. The fourth-order valence-electron chi connectivity index (χ4n) is 3.09. The van der Waals surface area contributed by atoms with Gasteiger partial charge in [-0.25, -0.2) is 0 Å². The summed E-state index contributed by atoms with van der Waals surface area (Å²) in [7, 11) is 0. The number of ether oxygens (including phenoxy) is 1. The van der Waals surface area contributed by atoms with Crippen LogP contribution in [0.5, 0.6) is 0 Å². The van der Waals surface area contributed by atoms with Crippen molar-refractivity contribution in [2.45, 2.75) is 58.3 Å². The lowest BCUT2D eigenvalue weighted by atomic mass is 10.00. The molecule has 0 aliphatic carbocycles. The van der Waals surface area contributed by atoms with E-state index < -0.39 is 0 Å². The predicted octanol–water partition coefficient (Wildman–Crippen LogP) is 2.62. The molecule has 1 fully saturated rings. The first-order valence-corrected chi connectivity index (χ1v) is 8.58. The number of hydrogen-bond acceptors (Lipinski definition) is 3. The highest BCUT2D eigenvalue weighted by atomic mass is 16.5. The zero-order valence-corrected chi connectivity index (χ0v) is 14.8. The zero-order valence-electron chi connectivity index (χ0n) is 14.8. The van der Waals surface area contributed by atoms with Crippen molar-refractivity contribution in [3.63, 3.8) is 0 Å². The number of carbonyl (C=O) groups is 1. The van der Waals surface area contributed by atoms with Gasteiger partial charge in [-0.05, 0) is 39.7 Å². The fraction of sp³-hybridized carbons (Fsp3) is 0.632. The Labute approximate surface area is 140 Å². The summed E-state index contributed by atoms with van der Waals surface area (Å²) in [6.07, 6.45) is 1.81. The maximum absolute atomic E-state index is 12.1. The van der Waals surface area contributed by atoms with Crippen LogP contribution in [0.4, 0.5) is 0 Å². The topological polar surface area (TPSA) is 41.6 Å². The average Bonchev–Trinajstić information content (AvgIpc) is 2.51. The van der Waals surface area contributed by atoms with E-state index in [1.807, 2.05) is 18.2 Å². The summed E-state index contributed by atoms with van der Waals surface area (Å²) < 4.78 is 5.80. The van der Waals surface area contributed by atoms with Gasteiger partial charge in [0.25, 0.3) is 0 Å². The molecule has 0 radical (unpaired) electrons. The highest BCUT2D eigenvalue weighted by Crippen LogP contribution is 2.20. The molecule has 1 aliphatic heterocycles. The third-order valence-electron chi connectivity index (χ3n) is 4.48. The third kappa shape index (κ3) is 5.63. The van der Waals surface area contributed by atoms with E-state index in [2.05, 4.69) is 50.0 Å². The van der Waals surface area contributed by atoms with Gasteiger partial charge in [0.15, 0.2) is 0 Å². The Morgan fingerprint density at radius 1 is 1.22 bits per heavy atom. The minimum atomic E-state index is -0.0608. The van der Waals surface area contributed by atoms with E-state index >= 15 is 0 Å². The molecule has 1 aromatic rings. The molecule has 0 spiro atoms. The Kier molecular flexibility index (Phi) is 6.19. The van der Waals surface area contributed by atoms with Gasteiger partial charge < -0.3 is 10.1 Å². The van der Waals surface area contributed by atoms with Gasteiger partial charge in [-0.1, -0.05) is 30.3 Å². The van der Waals surface area contributed by atoms with Crippen molar-refractivity contribution in [2.24, 2.45) is 0 Å². The first kappa shape index (κ1) is 18.0. The number of benzene rings is 1. The van der Waals surface area contributed by atoms with Crippen LogP contribution in [-0.2, 0) is 16.0 Å². The number of amides is 1. The standard InChI is InChI=1S/C19H30N2O2/c1-15-12-21(13-16(2)23-15)19(3,4)14-20-18(22)11-10-17-8-6-5-7-9-17/h5-9,15-16H,10-14H2,1-4H3,(H,20,22). The Balaban J connectivity index is 1.78. The lowest BCUT2D eigenvalue weighted by Crippen LogP contribution is -2.58. The SMILES string of the molecule is CC1CN(C(C)(C)CNC(=O)CCc2ccccc2)CC(C)O1. The molecular formula is C19H30N2O2. The van der Waals surface area contributed by atoms with Crippen molar-refractivity contribution in [1.29, 1.82) is 0 Å². The van der Waals surface area contributed by atoms with Crippen LogP contribution in [0.2, 0.25) is 0 Å². The van der Waals surface area contributed by atoms with E-state index in [4.69, 9.17) is 4.74 Å². The summed E-state index contributed by atoms with van der Waals surface area (Å²) >= 11 is 0. The van der Waals surface area contributed by atoms with Crippen molar-refractivity contribution in [3.8, 4) is 0 Å². The lowest BCUT2D eigenvalue weighted by molar-refractivity contribution is -0.122. The van der Waals surface area contributed by atoms with Crippen molar-refractivity contribution in [1.82, 2.24) is 10.2 Å². The second-order valence-electron chi connectivity index (χ2n) is 7.24. The second kappa shape index (κ2) is 7.93. The van der Waals surface area contributed by atoms with E-state index in [-0.39, 0.29) is 23.7 Å². The van der Waals surface area contributed by atoms with Crippen LogP contribution in [0.1, 0.15) is 39.7 Å². The van der Waals surface area contributed by atoms with Gasteiger partial charge in [0, 0.05) is 31.6 Å². The van der Waals surface area contributed by atoms with Gasteiger partial charge in [0.05, 0.1) is 12.2 Å². The number of nitrogens with zero attached hydrogens (tertiary/aromatic N) is 1. The molecule has 2 unspecified atom stereocenters. The molecule has 2 rings (SSSR count). The Bertz CT molecular complexity index is 491. The molecule has 1 aromatic carbocycles. The third-order valence-corrected chi connectivity index (χ3v) is 4.48. The number of nitrogens with one attached hydrogen (secondary N) is 1. The first-order chi connectivity index (χ1) is 10.9. The maximum atomic E-state index is 12.1. The lowest BCUT2D eigenvalue weighted by Gasteiger charge is -2.45. The van der Waals surface area contributed by atoms with Crippen LogP contribution in [0, 0.1) is 0 Å². The number of rotatable bonds is 6. The van der Waals surface area contributed by atoms with Crippen molar-refractivity contribution in [3.05, 3.63) is 35.9 Å². The minimum Gasteiger partial charge on any atom is -0.373 e. The smallest absolute Gasteiger partial charge is 0.220 e. The molecule has 1 N–H and O–H groups in total. The average molecular weight is 318 g/mol. The maximum Gasteiger partial charge on any atom is 0.220 e. The molecule has 1 amide bonds. The molecule has 4 nitrogen and oxygen atoms in total. The number of aryl methyl sites for hydroxylation is 1. The summed E-state index contributed by atoms with van der Waals surface area (Å²) in [5, 5.41) is 3.10. The van der Waals surface area contributed by atoms with E-state index in [0.29, 0.717) is 13.0 Å². The largest absolute Gasteiger partial charge is 0.373 e. The van der Waals surface area contributed by atoms with Crippen LogP contribution >= 0.6 is 0 Å². The fourth-order valence-corrected chi connectivity index (χ4v) is 3.09. The summed E-state index contributed by atoms with van der Waals surface area (Å²) in [5.74, 6) is 0.122. The monoisotopic (exact) mass is 318 g/mol. The Hall–Kier alpha value is -1.39. The van der Waals surface area contributed by atoms with Crippen molar-refractivity contribution >= 4 is 5.91 Å². The van der Waals surface area contributed by atoms with Gasteiger partial charge in [0.2, 0.25) is 5.91 Å².